The monoisotopic (exact) mass is 1950 g/mol. The van der Waals surface area contributed by atoms with Gasteiger partial charge in [-0.15, -0.1) is 0 Å². The largest absolute Gasteiger partial charge is 0.342 e. The molecule has 12 rings (SSSR count). The van der Waals surface area contributed by atoms with Crippen LogP contribution in [0.2, 0.25) is 0 Å². The van der Waals surface area contributed by atoms with Gasteiger partial charge >= 0.3 is 0 Å². The molecule has 12 fully saturated rings. The first-order valence-electron chi connectivity index (χ1n) is 57.5. The van der Waals surface area contributed by atoms with Gasteiger partial charge in [0.1, 0.15) is 0 Å². The topological polar surface area (TPSA) is 195 Å². The van der Waals surface area contributed by atoms with Crippen molar-refractivity contribution in [2.75, 3.05) is 301 Å². The van der Waals surface area contributed by atoms with E-state index in [1.165, 1.54) is 90.9 Å². The van der Waals surface area contributed by atoms with Crippen LogP contribution in [-0.4, -0.2) is 437 Å². The summed E-state index contributed by atoms with van der Waals surface area (Å²) < 4.78 is 0. The number of hydrogen-bond donors (Lipinski definition) is 0. The molecule has 0 aromatic rings. The normalized spacial score (nSPS) is 21.9. The van der Waals surface area contributed by atoms with E-state index in [0.29, 0.717) is 95.1 Å². The highest BCUT2D eigenvalue weighted by molar-refractivity contribution is 5.82. The molecule has 0 aliphatic carbocycles. The van der Waals surface area contributed by atoms with E-state index in [2.05, 4.69) is 207 Å². The van der Waals surface area contributed by atoms with Crippen LogP contribution in [0, 0.1) is 107 Å². The minimum atomic E-state index is 0.0521. The van der Waals surface area contributed by atoms with Crippen LogP contribution in [0.25, 0.3) is 0 Å². The molecule has 12 aliphatic heterocycles. The zero-order chi connectivity index (χ0) is 102. The number of amides is 8. The maximum Gasteiger partial charge on any atom is 0.225 e. The number of likely N-dealkylation sites (tertiary alicyclic amines) is 6. The standard InChI is InChI=1S/C20H39N3O.C19H35N3O2.2C19H37N3O.C18H33N3O2.C18H35N3O/c1-17(2)5-8-21-9-6-19(7-10-21)15-20(24)23-13-11-22(12-14-23)16-18(3)4;1-15(2)14-20-9-11-21(12-10-20)18(23)13-17-5-7-22(8-6-17)19(24)16(3)4;1-16(2)5-8-20-9-6-18(7-10-20)19(23)22-13-11-21(12-14-22)15-17(3)4;1-16(2)14-20-7-5-18(6-8-20)13-19(23)22-11-9-21(10-12-22)15-17(3)4;1-14(2)13-19-9-11-21(12-10-19)18(23)16-5-7-20(8-6-16)17(22)15(3)4;1-15(2)13-19-7-5-17(6-8-19)18(22)21-11-9-20(10-12-21)14-16(3)4/h17-19H,5-16H2,1-4H3;15-17H,5-14H2,1-4H3;2*16-18H,5-15H2,1-4H3;14-16H,5-13H2,1-4H3;15-17H,5-14H2,1-4H3. The summed E-state index contributed by atoms with van der Waals surface area (Å²) in [5.41, 5.74) is 0. The van der Waals surface area contributed by atoms with E-state index in [-0.39, 0.29) is 41.4 Å². The molecule has 12 aliphatic rings. The van der Waals surface area contributed by atoms with Gasteiger partial charge in [0.05, 0.1) is 0 Å². The molecule has 0 atom stereocenters. The molecule has 0 radical (unpaired) electrons. The highest BCUT2D eigenvalue weighted by atomic mass is 16.2. The zero-order valence-corrected chi connectivity index (χ0v) is 94.3. The van der Waals surface area contributed by atoms with Crippen molar-refractivity contribution in [3.8, 4) is 0 Å². The van der Waals surface area contributed by atoms with Gasteiger partial charge in [0.15, 0.2) is 0 Å². The lowest BCUT2D eigenvalue weighted by Crippen LogP contribution is -2.52. The molecule has 0 aromatic carbocycles. The van der Waals surface area contributed by atoms with Crippen molar-refractivity contribution in [2.45, 2.75) is 275 Å². The van der Waals surface area contributed by atoms with Gasteiger partial charge in [-0.2, -0.15) is 0 Å². The molecule has 806 valence electrons. The van der Waals surface area contributed by atoms with Crippen molar-refractivity contribution >= 4 is 47.3 Å². The molecule has 139 heavy (non-hydrogen) atoms. The smallest absolute Gasteiger partial charge is 0.225 e. The van der Waals surface area contributed by atoms with Gasteiger partial charge in [0.2, 0.25) is 47.3 Å². The van der Waals surface area contributed by atoms with E-state index >= 15 is 0 Å². The molecule has 12 heterocycles. The Morgan fingerprint density at radius 3 is 0.547 bits per heavy atom. The van der Waals surface area contributed by atoms with E-state index in [9.17, 15) is 38.4 Å². The second-order valence-corrected chi connectivity index (χ2v) is 49.4. The average Bonchev–Trinajstić information content (AvgIpc) is 0.799. The second kappa shape index (κ2) is 64.5. The molecule has 8 amide bonds. The van der Waals surface area contributed by atoms with Crippen molar-refractivity contribution in [2.24, 2.45) is 107 Å². The van der Waals surface area contributed by atoms with Crippen LogP contribution in [0.3, 0.4) is 0 Å². The fourth-order valence-corrected chi connectivity index (χ4v) is 22.9. The molecular formula is C113H216N18O8. The Labute approximate surface area is 852 Å². The van der Waals surface area contributed by atoms with Crippen molar-refractivity contribution in [3.63, 3.8) is 0 Å². The van der Waals surface area contributed by atoms with Crippen molar-refractivity contribution in [1.29, 1.82) is 0 Å². The van der Waals surface area contributed by atoms with Crippen molar-refractivity contribution in [1.82, 2.24) is 88.2 Å². The third-order valence-electron chi connectivity index (χ3n) is 31.0. The fraction of sp³-hybridized carbons (Fsp3) is 0.929. The lowest BCUT2D eigenvalue weighted by atomic mass is 9.92. The predicted octanol–water partition coefficient (Wildman–Crippen LogP) is 13.9. The maximum absolute atomic E-state index is 12.7. The molecular weight excluding hydrogens is 1740 g/mol. The van der Waals surface area contributed by atoms with Gasteiger partial charge in [-0.1, -0.05) is 166 Å². The molecule has 0 spiro atoms. The van der Waals surface area contributed by atoms with Gasteiger partial charge in [-0.05, 0) is 232 Å². The first-order valence-corrected chi connectivity index (χ1v) is 57.5. The molecule has 12 saturated heterocycles. The van der Waals surface area contributed by atoms with Gasteiger partial charge < -0.3 is 58.8 Å². The predicted molar refractivity (Wildman–Crippen MR) is 575 cm³/mol. The summed E-state index contributed by atoms with van der Waals surface area (Å²) in [5, 5.41) is 0. The van der Waals surface area contributed by atoms with Crippen LogP contribution in [0.1, 0.15) is 275 Å². The minimum Gasteiger partial charge on any atom is -0.342 e. The van der Waals surface area contributed by atoms with Gasteiger partial charge in [0.25, 0.3) is 0 Å². The summed E-state index contributed by atoms with van der Waals surface area (Å²) in [7, 11) is 0. The van der Waals surface area contributed by atoms with E-state index < -0.39 is 0 Å². The Kier molecular flexibility index (Phi) is 56.3. The summed E-state index contributed by atoms with van der Waals surface area (Å²) in [5.74, 6) is 12.5. The molecule has 0 saturated carbocycles. The Balaban J connectivity index is 0.000000227. The summed E-state index contributed by atoms with van der Waals surface area (Å²) in [4.78, 5) is 141. The number of piperazine rings is 6. The third kappa shape index (κ3) is 47.0. The number of rotatable bonds is 33. The van der Waals surface area contributed by atoms with Crippen LogP contribution in [0.4, 0.5) is 0 Å². The lowest BCUT2D eigenvalue weighted by molar-refractivity contribution is -0.143. The second-order valence-electron chi connectivity index (χ2n) is 49.4. The van der Waals surface area contributed by atoms with Crippen molar-refractivity contribution < 1.29 is 38.4 Å². The third-order valence-corrected chi connectivity index (χ3v) is 31.0. The molecule has 26 heteroatoms. The van der Waals surface area contributed by atoms with E-state index in [0.717, 1.165) is 337 Å². The van der Waals surface area contributed by atoms with Crippen LogP contribution in [0.15, 0.2) is 0 Å². The highest BCUT2D eigenvalue weighted by Gasteiger charge is 2.38. The fourth-order valence-electron chi connectivity index (χ4n) is 22.9. The van der Waals surface area contributed by atoms with Crippen LogP contribution in [0.5, 0.6) is 0 Å². The Morgan fingerprint density at radius 2 is 0.345 bits per heavy atom. The maximum atomic E-state index is 12.7. The molecule has 0 unspecified atom stereocenters. The quantitative estimate of drug-likeness (QED) is 0.0601. The minimum absolute atomic E-state index is 0.0521. The Hall–Kier alpha value is -4.64. The Bertz CT molecular complexity index is 3340. The summed E-state index contributed by atoms with van der Waals surface area (Å²) in [6.07, 6.45) is 17.4. The summed E-state index contributed by atoms with van der Waals surface area (Å²) >= 11 is 0. The number of carbonyl (C=O) groups excluding carboxylic acids is 8. The number of carbonyl (C=O) groups is 8. The Morgan fingerprint density at radius 1 is 0.180 bits per heavy atom. The van der Waals surface area contributed by atoms with Crippen LogP contribution in [-0.2, 0) is 38.4 Å². The van der Waals surface area contributed by atoms with Crippen molar-refractivity contribution in [3.05, 3.63) is 0 Å². The molecule has 26 nitrogen and oxygen atoms in total. The first-order chi connectivity index (χ1) is 66.0. The zero-order valence-electron chi connectivity index (χ0n) is 94.3. The number of piperidine rings is 6. The average molecular weight is 1960 g/mol. The van der Waals surface area contributed by atoms with Crippen LogP contribution < -0.4 is 0 Å². The van der Waals surface area contributed by atoms with Gasteiger partial charge in [-0.25, -0.2) is 0 Å². The van der Waals surface area contributed by atoms with E-state index in [1.54, 1.807) is 0 Å². The highest BCUT2D eigenvalue weighted by Crippen LogP contribution is 2.30. The number of hydrogen-bond acceptors (Lipinski definition) is 18. The lowest BCUT2D eigenvalue weighted by Gasteiger charge is -2.39. The SMILES string of the molecule is CC(C)CCN1CCC(C(=O)N2CCN(CC(C)C)CC2)CC1.CC(C)CCN1CCC(CC(=O)N2CCN(CC(C)C)CC2)CC1.CC(C)CN1CCC(C(=O)N2CCN(CC(C)C)CC2)CC1.CC(C)CN1CCC(CC(=O)N2CCN(CC(C)C)CC2)CC1.CC(C)CN1CCN(C(=O)C2CCN(C(=O)C(C)C)CC2)CC1.CC(C)CN1CCN(C(=O)CC2CCN(C(=O)C(C)C)CC2)CC1. The molecule has 0 N–H and O–H groups in total. The van der Waals surface area contributed by atoms with Gasteiger partial charge in [-0.3, -0.25) is 67.8 Å². The molecule has 0 bridgehead atoms. The van der Waals surface area contributed by atoms with E-state index in [4.69, 9.17) is 0 Å². The molecule has 0 aromatic heterocycles. The summed E-state index contributed by atoms with van der Waals surface area (Å²) in [6, 6.07) is 0. The van der Waals surface area contributed by atoms with E-state index in [1.807, 2.05) is 47.3 Å². The van der Waals surface area contributed by atoms with Gasteiger partial charge in [0, 0.05) is 284 Å². The number of nitrogens with zero attached hydrogens (tertiary/aromatic N) is 18. The summed E-state index contributed by atoms with van der Waals surface area (Å²) in [6.45, 7) is 100. The van der Waals surface area contributed by atoms with Crippen LogP contribution >= 0.6 is 0 Å². The first kappa shape index (κ1) is 121.